The Bertz CT molecular complexity index is 767. The normalized spacial score (nSPS) is 18.8. The summed E-state index contributed by atoms with van der Waals surface area (Å²) in [5.74, 6) is 0. The Hall–Kier alpha value is -3.02. The van der Waals surface area contributed by atoms with Gasteiger partial charge in [0.05, 0.1) is 12.1 Å². The van der Waals surface area contributed by atoms with Crippen molar-refractivity contribution in [3.05, 3.63) is 59.7 Å². The predicted molar refractivity (Wildman–Crippen MR) is 113 cm³/mol. The second kappa shape index (κ2) is 9.26. The standard InChI is InChI=1S/C22H28N4O2/c1-15-7-5-9-17(13-15)23-21(27)25-19-11-3-4-12-20(19)26-22(28)24-18-10-6-8-16(2)14-18/h5-10,13-14,19-20H,3-4,11-12H2,1-2H3,(H2,23,25,27)(H2,24,26,28)/t19-,20-/m0/s1. The van der Waals surface area contributed by atoms with Crippen LogP contribution in [0.2, 0.25) is 0 Å². The monoisotopic (exact) mass is 380 g/mol. The molecule has 2 atom stereocenters. The molecule has 0 heterocycles. The highest BCUT2D eigenvalue weighted by Gasteiger charge is 2.28. The maximum atomic E-state index is 12.4. The molecule has 6 nitrogen and oxygen atoms in total. The average Bonchev–Trinajstić information content (AvgIpc) is 2.63. The van der Waals surface area contributed by atoms with E-state index in [0.717, 1.165) is 48.2 Å². The SMILES string of the molecule is Cc1cccc(NC(=O)N[C@H]2CCCC[C@@H]2NC(=O)Nc2cccc(C)c2)c1. The number of aryl methyl sites for hydroxylation is 2. The van der Waals surface area contributed by atoms with E-state index in [4.69, 9.17) is 0 Å². The molecule has 148 valence electrons. The number of hydrogen-bond acceptors (Lipinski definition) is 2. The van der Waals surface area contributed by atoms with Gasteiger partial charge in [0.15, 0.2) is 0 Å². The number of urea groups is 2. The van der Waals surface area contributed by atoms with Crippen LogP contribution < -0.4 is 21.3 Å². The Morgan fingerprint density at radius 2 is 1.18 bits per heavy atom. The molecule has 4 N–H and O–H groups in total. The van der Waals surface area contributed by atoms with Gasteiger partial charge >= 0.3 is 12.1 Å². The molecule has 3 rings (SSSR count). The number of benzene rings is 2. The Labute approximate surface area is 166 Å². The summed E-state index contributed by atoms with van der Waals surface area (Å²) in [5, 5.41) is 11.8. The van der Waals surface area contributed by atoms with Crippen molar-refractivity contribution in [3.63, 3.8) is 0 Å². The van der Waals surface area contributed by atoms with E-state index in [-0.39, 0.29) is 24.1 Å². The van der Waals surface area contributed by atoms with Crippen molar-refractivity contribution in [2.75, 3.05) is 10.6 Å². The van der Waals surface area contributed by atoms with Gasteiger partial charge in [-0.25, -0.2) is 9.59 Å². The minimum atomic E-state index is -0.247. The molecular formula is C22H28N4O2. The molecule has 0 spiro atoms. The summed E-state index contributed by atoms with van der Waals surface area (Å²) in [5.41, 5.74) is 3.69. The van der Waals surface area contributed by atoms with E-state index < -0.39 is 0 Å². The second-order valence-electron chi connectivity index (χ2n) is 7.43. The lowest BCUT2D eigenvalue weighted by Gasteiger charge is -2.32. The van der Waals surface area contributed by atoms with Gasteiger partial charge < -0.3 is 21.3 Å². The van der Waals surface area contributed by atoms with Crippen LogP contribution in [0.1, 0.15) is 36.8 Å². The number of carbonyl (C=O) groups is 2. The van der Waals surface area contributed by atoms with Gasteiger partial charge in [-0.3, -0.25) is 0 Å². The molecule has 1 fully saturated rings. The van der Waals surface area contributed by atoms with Gasteiger partial charge in [-0.05, 0) is 62.1 Å². The van der Waals surface area contributed by atoms with E-state index in [9.17, 15) is 9.59 Å². The fourth-order valence-corrected chi connectivity index (χ4v) is 3.59. The molecule has 0 aliphatic heterocycles. The Morgan fingerprint density at radius 1 is 0.750 bits per heavy atom. The summed E-state index contributed by atoms with van der Waals surface area (Å²) in [6, 6.07) is 14.7. The highest BCUT2D eigenvalue weighted by Crippen LogP contribution is 2.19. The topological polar surface area (TPSA) is 82.3 Å². The van der Waals surface area contributed by atoms with Crippen LogP contribution >= 0.6 is 0 Å². The first-order chi connectivity index (χ1) is 13.5. The van der Waals surface area contributed by atoms with Crippen LogP contribution in [-0.2, 0) is 0 Å². The lowest BCUT2D eigenvalue weighted by molar-refractivity contribution is 0.225. The van der Waals surface area contributed by atoms with Gasteiger partial charge in [0.25, 0.3) is 0 Å². The van der Waals surface area contributed by atoms with E-state index in [1.807, 2.05) is 62.4 Å². The van der Waals surface area contributed by atoms with Gasteiger partial charge in [0.1, 0.15) is 0 Å². The first kappa shape index (κ1) is 19.7. The van der Waals surface area contributed by atoms with Gasteiger partial charge in [0, 0.05) is 11.4 Å². The summed E-state index contributed by atoms with van der Waals surface area (Å²) < 4.78 is 0. The van der Waals surface area contributed by atoms with E-state index in [0.29, 0.717) is 0 Å². The van der Waals surface area contributed by atoms with Crippen molar-refractivity contribution in [3.8, 4) is 0 Å². The van der Waals surface area contributed by atoms with Crippen LogP contribution in [0, 0.1) is 13.8 Å². The zero-order valence-electron chi connectivity index (χ0n) is 16.4. The van der Waals surface area contributed by atoms with E-state index in [2.05, 4.69) is 21.3 Å². The van der Waals surface area contributed by atoms with Crippen LogP contribution in [0.5, 0.6) is 0 Å². The number of amides is 4. The van der Waals surface area contributed by atoms with Gasteiger partial charge in [-0.2, -0.15) is 0 Å². The number of anilines is 2. The second-order valence-corrected chi connectivity index (χ2v) is 7.43. The molecule has 0 radical (unpaired) electrons. The van der Waals surface area contributed by atoms with Crippen molar-refractivity contribution in [2.24, 2.45) is 0 Å². The number of nitrogens with one attached hydrogen (secondary N) is 4. The summed E-state index contributed by atoms with van der Waals surface area (Å²) >= 11 is 0. The number of hydrogen-bond donors (Lipinski definition) is 4. The van der Waals surface area contributed by atoms with Crippen LogP contribution in [0.25, 0.3) is 0 Å². The fraction of sp³-hybridized carbons (Fsp3) is 0.364. The smallest absolute Gasteiger partial charge is 0.319 e. The van der Waals surface area contributed by atoms with Crippen molar-refractivity contribution in [1.82, 2.24) is 10.6 Å². The molecule has 28 heavy (non-hydrogen) atoms. The van der Waals surface area contributed by atoms with Gasteiger partial charge in [-0.15, -0.1) is 0 Å². The molecule has 1 aliphatic carbocycles. The zero-order valence-corrected chi connectivity index (χ0v) is 16.4. The molecule has 0 bridgehead atoms. The third kappa shape index (κ3) is 5.74. The highest BCUT2D eigenvalue weighted by molar-refractivity contribution is 5.90. The van der Waals surface area contributed by atoms with Crippen LogP contribution in [0.4, 0.5) is 21.0 Å². The molecule has 1 saturated carbocycles. The van der Waals surface area contributed by atoms with Crippen molar-refractivity contribution < 1.29 is 9.59 Å². The van der Waals surface area contributed by atoms with Crippen LogP contribution in [0.15, 0.2) is 48.5 Å². The molecule has 0 unspecified atom stereocenters. The summed E-state index contributed by atoms with van der Waals surface area (Å²) in [4.78, 5) is 24.8. The molecule has 1 aliphatic rings. The lowest BCUT2D eigenvalue weighted by atomic mass is 9.90. The first-order valence-corrected chi connectivity index (χ1v) is 9.78. The predicted octanol–water partition coefficient (Wildman–Crippen LogP) is 4.56. The van der Waals surface area contributed by atoms with Gasteiger partial charge in [-0.1, -0.05) is 37.1 Å². The average molecular weight is 380 g/mol. The molecule has 2 aromatic rings. The number of carbonyl (C=O) groups excluding carboxylic acids is 2. The summed E-state index contributed by atoms with van der Waals surface area (Å²) in [6.45, 7) is 3.97. The first-order valence-electron chi connectivity index (χ1n) is 9.78. The Balaban J connectivity index is 1.55. The molecular weight excluding hydrogens is 352 g/mol. The lowest BCUT2D eigenvalue weighted by Crippen LogP contribution is -2.54. The largest absolute Gasteiger partial charge is 0.333 e. The van der Waals surface area contributed by atoms with E-state index in [1.54, 1.807) is 0 Å². The molecule has 6 heteroatoms. The Kier molecular flexibility index (Phi) is 6.53. The summed E-state index contributed by atoms with van der Waals surface area (Å²) in [7, 11) is 0. The maximum Gasteiger partial charge on any atom is 0.319 e. The minimum absolute atomic E-state index is 0.0955. The van der Waals surface area contributed by atoms with Crippen LogP contribution in [0.3, 0.4) is 0 Å². The van der Waals surface area contributed by atoms with E-state index in [1.165, 1.54) is 0 Å². The van der Waals surface area contributed by atoms with Crippen molar-refractivity contribution in [2.45, 2.75) is 51.6 Å². The Morgan fingerprint density at radius 3 is 1.57 bits per heavy atom. The molecule has 0 saturated heterocycles. The van der Waals surface area contributed by atoms with Gasteiger partial charge in [0.2, 0.25) is 0 Å². The summed E-state index contributed by atoms with van der Waals surface area (Å²) in [6.07, 6.45) is 3.76. The number of rotatable bonds is 4. The zero-order chi connectivity index (χ0) is 19.9. The quantitative estimate of drug-likeness (QED) is 0.627. The molecule has 4 amide bonds. The molecule has 0 aromatic heterocycles. The molecule has 2 aromatic carbocycles. The third-order valence-corrected chi connectivity index (χ3v) is 4.95. The minimum Gasteiger partial charge on any atom is -0.333 e. The van der Waals surface area contributed by atoms with Crippen molar-refractivity contribution >= 4 is 23.4 Å². The fourth-order valence-electron chi connectivity index (χ4n) is 3.59. The van der Waals surface area contributed by atoms with Crippen LogP contribution in [-0.4, -0.2) is 24.1 Å². The third-order valence-electron chi connectivity index (χ3n) is 4.95. The van der Waals surface area contributed by atoms with E-state index >= 15 is 0 Å². The maximum absolute atomic E-state index is 12.4. The highest BCUT2D eigenvalue weighted by atomic mass is 16.2. The van der Waals surface area contributed by atoms with Crippen molar-refractivity contribution in [1.29, 1.82) is 0 Å².